The Morgan fingerprint density at radius 1 is 1.18 bits per heavy atom. The number of hydrogen-bond acceptors (Lipinski definition) is 7. The first-order valence-electron chi connectivity index (χ1n) is 10.9. The topological polar surface area (TPSA) is 89.0 Å². The van der Waals surface area contributed by atoms with E-state index in [0.29, 0.717) is 40.8 Å². The summed E-state index contributed by atoms with van der Waals surface area (Å²) in [5.74, 6) is 0.00410. The zero-order valence-corrected chi connectivity index (χ0v) is 19.8. The molecule has 1 aliphatic heterocycles. The number of rotatable bonds is 8. The van der Waals surface area contributed by atoms with Gasteiger partial charge in [0.25, 0.3) is 0 Å². The third-order valence-electron chi connectivity index (χ3n) is 5.43. The van der Waals surface area contributed by atoms with Gasteiger partial charge in [-0.3, -0.25) is 14.5 Å². The van der Waals surface area contributed by atoms with Crippen molar-refractivity contribution in [3.8, 4) is 5.75 Å². The summed E-state index contributed by atoms with van der Waals surface area (Å²) in [4.78, 5) is 44.6. The highest BCUT2D eigenvalue weighted by molar-refractivity contribution is 7.14. The maximum Gasteiger partial charge on any atom is 0.338 e. The SMILES string of the molecule is COc1ccccc1N(C(C)=O)c1nc(COC(=O)c2cccc(CN3CCCC3=O)c2)cs1. The van der Waals surface area contributed by atoms with E-state index in [4.69, 9.17) is 9.47 Å². The van der Waals surface area contributed by atoms with Crippen molar-refractivity contribution in [2.45, 2.75) is 32.9 Å². The van der Waals surface area contributed by atoms with Crippen molar-refractivity contribution in [1.82, 2.24) is 9.88 Å². The van der Waals surface area contributed by atoms with E-state index in [2.05, 4.69) is 4.98 Å². The summed E-state index contributed by atoms with van der Waals surface area (Å²) in [5, 5.41) is 2.21. The molecule has 2 heterocycles. The van der Waals surface area contributed by atoms with Crippen LogP contribution in [-0.4, -0.2) is 41.3 Å². The lowest BCUT2D eigenvalue weighted by molar-refractivity contribution is -0.128. The van der Waals surface area contributed by atoms with Crippen molar-refractivity contribution < 1.29 is 23.9 Å². The number of esters is 1. The molecule has 2 aromatic carbocycles. The van der Waals surface area contributed by atoms with Gasteiger partial charge in [0.05, 0.1) is 24.1 Å². The molecular weight excluding hydrogens is 454 g/mol. The van der Waals surface area contributed by atoms with Crippen LogP contribution >= 0.6 is 11.3 Å². The van der Waals surface area contributed by atoms with Gasteiger partial charge in [-0.15, -0.1) is 11.3 Å². The summed E-state index contributed by atoms with van der Waals surface area (Å²) in [6.07, 6.45) is 1.45. The number of likely N-dealkylation sites (tertiary alicyclic amines) is 1. The molecule has 3 aromatic rings. The molecule has 0 unspecified atom stereocenters. The van der Waals surface area contributed by atoms with Gasteiger partial charge in [0.2, 0.25) is 11.8 Å². The summed E-state index contributed by atoms with van der Waals surface area (Å²) in [6.45, 7) is 2.66. The largest absolute Gasteiger partial charge is 0.495 e. The standard InChI is InChI=1S/C25H25N3O5S/c1-17(29)28(21-9-3-4-10-22(21)32-2)25-26-20(16-34-25)15-33-24(31)19-8-5-7-18(13-19)14-27-12-6-11-23(27)30/h3-5,7-10,13,16H,6,11-12,14-15H2,1-2H3. The molecule has 2 amide bonds. The summed E-state index contributed by atoms with van der Waals surface area (Å²) in [7, 11) is 1.54. The first-order valence-corrected chi connectivity index (χ1v) is 11.8. The number of benzene rings is 2. The molecule has 8 nitrogen and oxygen atoms in total. The van der Waals surface area contributed by atoms with Crippen LogP contribution in [0.15, 0.2) is 53.9 Å². The van der Waals surface area contributed by atoms with E-state index in [-0.39, 0.29) is 18.4 Å². The number of carbonyl (C=O) groups excluding carboxylic acids is 3. The Balaban J connectivity index is 1.42. The second-order valence-electron chi connectivity index (χ2n) is 7.84. The van der Waals surface area contributed by atoms with Crippen LogP contribution in [0.4, 0.5) is 10.8 Å². The average molecular weight is 480 g/mol. The predicted molar refractivity (Wildman–Crippen MR) is 128 cm³/mol. The summed E-state index contributed by atoms with van der Waals surface area (Å²) < 4.78 is 10.8. The minimum atomic E-state index is -0.475. The number of ether oxygens (including phenoxy) is 2. The molecule has 4 rings (SSSR count). The fourth-order valence-corrected chi connectivity index (χ4v) is 4.66. The van der Waals surface area contributed by atoms with Crippen molar-refractivity contribution >= 4 is 39.9 Å². The zero-order chi connectivity index (χ0) is 24.1. The number of aromatic nitrogens is 1. The van der Waals surface area contributed by atoms with Crippen molar-refractivity contribution in [2.24, 2.45) is 0 Å². The van der Waals surface area contributed by atoms with Gasteiger partial charge in [-0.1, -0.05) is 24.3 Å². The second-order valence-corrected chi connectivity index (χ2v) is 8.68. The Kier molecular flexibility index (Phi) is 7.22. The molecule has 0 atom stereocenters. The summed E-state index contributed by atoms with van der Waals surface area (Å²) in [5.41, 5.74) is 2.42. The monoisotopic (exact) mass is 479 g/mol. The van der Waals surface area contributed by atoms with E-state index in [1.165, 1.54) is 23.2 Å². The van der Waals surface area contributed by atoms with Crippen LogP contribution < -0.4 is 9.64 Å². The molecule has 0 N–H and O–H groups in total. The van der Waals surface area contributed by atoms with Gasteiger partial charge >= 0.3 is 5.97 Å². The van der Waals surface area contributed by atoms with E-state index < -0.39 is 5.97 Å². The number of carbonyl (C=O) groups is 3. The van der Waals surface area contributed by atoms with Crippen LogP contribution in [0, 0.1) is 0 Å². The Labute approximate surface area is 201 Å². The van der Waals surface area contributed by atoms with Crippen molar-refractivity contribution in [1.29, 1.82) is 0 Å². The van der Waals surface area contributed by atoms with Crippen molar-refractivity contribution in [3.05, 3.63) is 70.7 Å². The van der Waals surface area contributed by atoms with Gasteiger partial charge in [-0.05, 0) is 36.2 Å². The molecule has 1 aromatic heterocycles. The molecule has 1 aliphatic rings. The lowest BCUT2D eigenvalue weighted by Gasteiger charge is -2.20. The predicted octanol–water partition coefficient (Wildman–Crippen LogP) is 4.32. The fourth-order valence-electron chi connectivity index (χ4n) is 3.80. The van der Waals surface area contributed by atoms with Gasteiger partial charge in [-0.2, -0.15) is 0 Å². The highest BCUT2D eigenvalue weighted by atomic mass is 32.1. The van der Waals surface area contributed by atoms with Gasteiger partial charge in [0, 0.05) is 31.8 Å². The van der Waals surface area contributed by atoms with Crippen molar-refractivity contribution in [2.75, 3.05) is 18.6 Å². The third kappa shape index (κ3) is 5.26. The van der Waals surface area contributed by atoms with Crippen molar-refractivity contribution in [3.63, 3.8) is 0 Å². The van der Waals surface area contributed by atoms with Gasteiger partial charge < -0.3 is 14.4 Å². The van der Waals surface area contributed by atoms with E-state index in [0.717, 1.165) is 18.5 Å². The van der Waals surface area contributed by atoms with Crippen LogP contribution in [0.2, 0.25) is 0 Å². The smallest absolute Gasteiger partial charge is 0.338 e. The molecule has 9 heteroatoms. The third-order valence-corrected chi connectivity index (χ3v) is 6.31. The number of hydrogen-bond donors (Lipinski definition) is 0. The summed E-state index contributed by atoms with van der Waals surface area (Å²) >= 11 is 1.28. The highest BCUT2D eigenvalue weighted by Crippen LogP contribution is 2.35. The van der Waals surface area contributed by atoms with Crippen LogP contribution in [0.3, 0.4) is 0 Å². The normalized spacial score (nSPS) is 13.1. The number of amides is 2. The van der Waals surface area contributed by atoms with Gasteiger partial charge in [0.15, 0.2) is 5.13 Å². The lowest BCUT2D eigenvalue weighted by Crippen LogP contribution is -2.24. The Hall–Kier alpha value is -3.72. The average Bonchev–Trinajstić information content (AvgIpc) is 3.47. The lowest BCUT2D eigenvalue weighted by atomic mass is 10.1. The molecule has 0 aliphatic carbocycles. The van der Waals surface area contributed by atoms with Crippen LogP contribution in [0.5, 0.6) is 5.75 Å². The Morgan fingerprint density at radius 2 is 2.00 bits per heavy atom. The molecule has 176 valence electrons. The second kappa shape index (κ2) is 10.5. The molecule has 34 heavy (non-hydrogen) atoms. The molecule has 1 saturated heterocycles. The minimum Gasteiger partial charge on any atom is -0.495 e. The highest BCUT2D eigenvalue weighted by Gasteiger charge is 2.22. The van der Waals surface area contributed by atoms with Gasteiger partial charge in [0.1, 0.15) is 12.4 Å². The van der Waals surface area contributed by atoms with Gasteiger partial charge in [-0.25, -0.2) is 9.78 Å². The first-order chi connectivity index (χ1) is 16.5. The number of para-hydroxylation sites is 2. The molecule has 0 saturated carbocycles. The van der Waals surface area contributed by atoms with Crippen LogP contribution in [0.1, 0.15) is 41.4 Å². The number of methoxy groups -OCH3 is 1. The molecular formula is C25H25N3O5S. The Morgan fingerprint density at radius 3 is 2.74 bits per heavy atom. The molecule has 1 fully saturated rings. The van der Waals surface area contributed by atoms with Crippen LogP contribution in [-0.2, 0) is 27.5 Å². The number of thiazole rings is 1. The van der Waals surface area contributed by atoms with E-state index in [1.54, 1.807) is 47.7 Å². The maximum absolute atomic E-state index is 12.6. The van der Waals surface area contributed by atoms with Crippen LogP contribution in [0.25, 0.3) is 0 Å². The molecule has 0 bridgehead atoms. The maximum atomic E-state index is 12.6. The number of nitrogens with zero attached hydrogens (tertiary/aromatic N) is 3. The van der Waals surface area contributed by atoms with E-state index in [9.17, 15) is 14.4 Å². The fraction of sp³-hybridized carbons (Fsp3) is 0.280. The zero-order valence-electron chi connectivity index (χ0n) is 19.0. The molecule has 0 spiro atoms. The van der Waals surface area contributed by atoms with E-state index in [1.807, 2.05) is 18.2 Å². The summed E-state index contributed by atoms with van der Waals surface area (Å²) in [6, 6.07) is 14.3. The number of anilines is 2. The Bertz CT molecular complexity index is 1210. The quantitative estimate of drug-likeness (QED) is 0.447. The molecule has 0 radical (unpaired) electrons. The minimum absolute atomic E-state index is 0.0260. The van der Waals surface area contributed by atoms with E-state index >= 15 is 0 Å². The first kappa shape index (κ1) is 23.4.